The molecule has 0 radical (unpaired) electrons. The van der Waals surface area contributed by atoms with Crippen molar-refractivity contribution in [3.63, 3.8) is 0 Å². The van der Waals surface area contributed by atoms with E-state index in [4.69, 9.17) is 19.2 Å². The number of nitrogens with zero attached hydrogens (tertiary/aromatic N) is 1. The molecular formula is C9H18NO4P. The fourth-order valence-corrected chi connectivity index (χ4v) is 0.665. The topological polar surface area (TPSA) is 81.0 Å². The Hall–Kier alpha value is -0.870. The van der Waals surface area contributed by atoms with E-state index < -0.39 is 7.82 Å². The quantitative estimate of drug-likeness (QED) is 0.651. The Bertz CT molecular complexity index is 230. The molecule has 3 N–H and O–H groups in total. The summed E-state index contributed by atoms with van der Waals surface area (Å²) in [6.45, 7) is 6.00. The minimum atomic E-state index is -4.64. The van der Waals surface area contributed by atoms with Gasteiger partial charge in [0.25, 0.3) is 0 Å². The zero-order valence-corrected chi connectivity index (χ0v) is 10.0. The molecule has 0 fully saturated rings. The lowest BCUT2D eigenvalue weighted by molar-refractivity contribution is 0.275. The Labute approximate surface area is 90.3 Å². The van der Waals surface area contributed by atoms with Crippen molar-refractivity contribution in [1.29, 1.82) is 0 Å². The Morgan fingerprint density at radius 2 is 1.07 bits per heavy atom. The van der Waals surface area contributed by atoms with Crippen molar-refractivity contribution in [3.8, 4) is 0 Å². The van der Waals surface area contributed by atoms with Gasteiger partial charge in [0, 0.05) is 18.6 Å². The number of hydrogen-bond acceptors (Lipinski definition) is 2. The summed E-state index contributed by atoms with van der Waals surface area (Å²) in [5.41, 5.74) is 0. The van der Waals surface area contributed by atoms with Crippen LogP contribution in [0.2, 0.25) is 0 Å². The van der Waals surface area contributed by atoms with Crippen LogP contribution in [0, 0.1) is 0 Å². The van der Waals surface area contributed by atoms with Crippen LogP contribution in [0.1, 0.15) is 20.8 Å². The molecule has 0 aliphatic rings. The molecule has 0 amide bonds. The molecule has 0 atom stereocenters. The second kappa shape index (κ2) is 9.68. The molecular weight excluding hydrogens is 217 g/mol. The molecule has 0 aromatic rings. The Balaban J connectivity index is 0. The second-order valence-corrected chi connectivity index (χ2v) is 3.43. The van der Waals surface area contributed by atoms with Crippen LogP contribution in [0.15, 0.2) is 36.8 Å². The Morgan fingerprint density at radius 1 is 0.867 bits per heavy atom. The third-order valence-electron chi connectivity index (χ3n) is 0.964. The minimum absolute atomic E-state index is 2.00. The van der Waals surface area contributed by atoms with Crippen molar-refractivity contribution in [2.45, 2.75) is 20.8 Å². The predicted molar refractivity (Wildman–Crippen MR) is 60.5 cm³/mol. The van der Waals surface area contributed by atoms with E-state index in [0.29, 0.717) is 0 Å². The first kappa shape index (κ1) is 16.6. The molecule has 0 unspecified atom stereocenters. The lowest BCUT2D eigenvalue weighted by atomic mass is 10.5. The zero-order chi connectivity index (χ0) is 12.3. The molecule has 0 aliphatic heterocycles. The van der Waals surface area contributed by atoms with E-state index in [1.165, 1.54) is 0 Å². The van der Waals surface area contributed by atoms with Crippen molar-refractivity contribution in [2.24, 2.45) is 0 Å². The second-order valence-electron chi connectivity index (χ2n) is 2.41. The van der Waals surface area contributed by atoms with Gasteiger partial charge in [-0.2, -0.15) is 0 Å². The van der Waals surface area contributed by atoms with Crippen molar-refractivity contribution in [3.05, 3.63) is 36.8 Å². The lowest BCUT2D eigenvalue weighted by Gasteiger charge is -2.06. The summed E-state index contributed by atoms with van der Waals surface area (Å²) in [5.74, 6) is 0. The van der Waals surface area contributed by atoms with Crippen LogP contribution in [-0.2, 0) is 4.57 Å². The van der Waals surface area contributed by atoms with E-state index in [1.54, 1.807) is 0 Å². The predicted octanol–water partition coefficient (Wildman–Crippen LogP) is 1.96. The van der Waals surface area contributed by atoms with E-state index in [9.17, 15) is 0 Å². The average molecular weight is 235 g/mol. The number of phosphoric acid groups is 1. The number of hydrogen-bond donors (Lipinski definition) is 3. The number of rotatable bonds is 3. The Kier molecular flexibility index (Phi) is 10.7. The fraction of sp³-hybridized carbons (Fsp3) is 0.333. The first-order valence-electron chi connectivity index (χ1n) is 4.29. The molecule has 0 aliphatic carbocycles. The summed E-state index contributed by atoms with van der Waals surface area (Å²) < 4.78 is 8.88. The van der Waals surface area contributed by atoms with Gasteiger partial charge in [-0.05, 0) is 20.8 Å². The van der Waals surface area contributed by atoms with Gasteiger partial charge in [0.15, 0.2) is 0 Å². The summed E-state index contributed by atoms with van der Waals surface area (Å²) in [5, 5.41) is 0. The molecule has 0 aromatic heterocycles. The van der Waals surface area contributed by atoms with Gasteiger partial charge < -0.3 is 19.6 Å². The van der Waals surface area contributed by atoms with E-state index in [2.05, 4.69) is 0 Å². The molecule has 0 heterocycles. The summed E-state index contributed by atoms with van der Waals surface area (Å²) in [6, 6.07) is 0. The molecule has 0 spiro atoms. The van der Waals surface area contributed by atoms with Crippen LogP contribution in [0.4, 0.5) is 0 Å². The van der Waals surface area contributed by atoms with E-state index in [1.807, 2.05) is 62.5 Å². The van der Waals surface area contributed by atoms with Gasteiger partial charge in [0.1, 0.15) is 0 Å². The minimum Gasteiger partial charge on any atom is -0.332 e. The highest BCUT2D eigenvalue weighted by Gasteiger charge is 2.00. The maximum atomic E-state index is 8.88. The van der Waals surface area contributed by atoms with Gasteiger partial charge in [-0.1, -0.05) is 18.2 Å². The molecule has 0 saturated carbocycles. The third kappa shape index (κ3) is 24.6. The van der Waals surface area contributed by atoms with Crippen LogP contribution in [-0.4, -0.2) is 19.6 Å². The monoisotopic (exact) mass is 235 g/mol. The van der Waals surface area contributed by atoms with Gasteiger partial charge in [-0.3, -0.25) is 0 Å². The van der Waals surface area contributed by atoms with E-state index >= 15 is 0 Å². The Morgan fingerprint density at radius 3 is 1.20 bits per heavy atom. The van der Waals surface area contributed by atoms with Crippen LogP contribution in [0.25, 0.3) is 0 Å². The highest BCUT2D eigenvalue weighted by molar-refractivity contribution is 7.45. The van der Waals surface area contributed by atoms with Crippen molar-refractivity contribution in [1.82, 2.24) is 4.90 Å². The van der Waals surface area contributed by atoms with E-state index in [-0.39, 0.29) is 0 Å². The average Bonchev–Trinajstić information content (AvgIpc) is 2.02. The molecule has 6 heteroatoms. The SMILES string of the molecule is CC=CN(C=CC)C=CC.O=P(O)(O)O. The van der Waals surface area contributed by atoms with E-state index in [0.717, 1.165) is 0 Å². The van der Waals surface area contributed by atoms with Gasteiger partial charge in [0.05, 0.1) is 0 Å². The number of allylic oxidation sites excluding steroid dienone is 3. The van der Waals surface area contributed by atoms with Gasteiger partial charge in [-0.25, -0.2) is 4.57 Å². The largest absolute Gasteiger partial charge is 0.466 e. The fourth-order valence-electron chi connectivity index (χ4n) is 0.665. The summed E-state index contributed by atoms with van der Waals surface area (Å²) in [7, 11) is -4.64. The maximum absolute atomic E-state index is 8.88. The first-order chi connectivity index (χ1) is 6.85. The van der Waals surface area contributed by atoms with Crippen LogP contribution in [0.5, 0.6) is 0 Å². The molecule has 0 aromatic carbocycles. The summed E-state index contributed by atoms with van der Waals surface area (Å²) in [4.78, 5) is 23.6. The maximum Gasteiger partial charge on any atom is 0.466 e. The molecule has 0 rings (SSSR count). The summed E-state index contributed by atoms with van der Waals surface area (Å²) in [6.07, 6.45) is 12.0. The summed E-state index contributed by atoms with van der Waals surface area (Å²) >= 11 is 0. The van der Waals surface area contributed by atoms with Crippen molar-refractivity contribution >= 4 is 7.82 Å². The molecule has 15 heavy (non-hydrogen) atoms. The van der Waals surface area contributed by atoms with Crippen LogP contribution in [0.3, 0.4) is 0 Å². The zero-order valence-electron chi connectivity index (χ0n) is 9.11. The molecule has 0 saturated heterocycles. The highest BCUT2D eigenvalue weighted by Crippen LogP contribution is 2.25. The van der Waals surface area contributed by atoms with Gasteiger partial charge in [-0.15, -0.1) is 0 Å². The highest BCUT2D eigenvalue weighted by atomic mass is 31.2. The molecule has 5 nitrogen and oxygen atoms in total. The van der Waals surface area contributed by atoms with Gasteiger partial charge in [0.2, 0.25) is 0 Å². The van der Waals surface area contributed by atoms with Crippen LogP contribution >= 0.6 is 7.82 Å². The smallest absolute Gasteiger partial charge is 0.332 e. The molecule has 0 bridgehead atoms. The van der Waals surface area contributed by atoms with Crippen molar-refractivity contribution < 1.29 is 19.2 Å². The van der Waals surface area contributed by atoms with Crippen molar-refractivity contribution in [2.75, 3.05) is 0 Å². The van der Waals surface area contributed by atoms with Crippen LogP contribution < -0.4 is 0 Å². The van der Waals surface area contributed by atoms with Gasteiger partial charge >= 0.3 is 7.82 Å². The standard InChI is InChI=1S/C9H15N.H3O4P/c1-4-7-10(8-5-2)9-6-3;1-5(2,3)4/h4-9H,1-3H3;(H3,1,2,3,4). The third-order valence-corrected chi connectivity index (χ3v) is 0.964. The molecule has 88 valence electrons. The lowest BCUT2D eigenvalue weighted by Crippen LogP contribution is -1.97. The first-order valence-corrected chi connectivity index (χ1v) is 5.85. The normalized spacial score (nSPS) is 12.1.